The van der Waals surface area contributed by atoms with E-state index >= 15 is 0 Å². The Morgan fingerprint density at radius 3 is 3.04 bits per heavy atom. The number of aromatic nitrogens is 5. The number of aromatic amines is 2. The topological polar surface area (TPSA) is 140 Å². The number of carboxylic acid groups (broad SMARTS) is 1. The first-order valence-electron chi connectivity index (χ1n) is 7.72. The molecule has 4 N–H and O–H groups in total. The van der Waals surface area contributed by atoms with Crippen LogP contribution in [0.1, 0.15) is 5.69 Å². The summed E-state index contributed by atoms with van der Waals surface area (Å²) in [5.74, 6) is 0.127. The molecule has 1 unspecified atom stereocenters. The highest BCUT2D eigenvalue weighted by atomic mass is 32.2. The number of anilines is 1. The van der Waals surface area contributed by atoms with Gasteiger partial charge < -0.3 is 15.4 Å². The molecule has 0 bridgehead atoms. The van der Waals surface area contributed by atoms with Crippen molar-refractivity contribution in [3.05, 3.63) is 29.4 Å². The van der Waals surface area contributed by atoms with E-state index in [2.05, 4.69) is 30.7 Å². The largest absolute Gasteiger partial charge is 0.477 e. The maximum absolute atomic E-state index is 12.6. The van der Waals surface area contributed by atoms with E-state index in [-0.39, 0.29) is 17.0 Å². The minimum Gasteiger partial charge on any atom is -0.477 e. The molecule has 4 rings (SSSR count). The van der Waals surface area contributed by atoms with Crippen LogP contribution in [0.4, 0.5) is 5.95 Å². The van der Waals surface area contributed by atoms with E-state index in [1.165, 1.54) is 28.4 Å². The van der Waals surface area contributed by atoms with Gasteiger partial charge in [0, 0.05) is 17.7 Å². The van der Waals surface area contributed by atoms with Crippen LogP contribution in [0.25, 0.3) is 0 Å². The van der Waals surface area contributed by atoms with Gasteiger partial charge in [-0.2, -0.15) is 0 Å². The van der Waals surface area contributed by atoms with Gasteiger partial charge in [0.05, 0.1) is 11.9 Å². The van der Waals surface area contributed by atoms with Gasteiger partial charge in [-0.1, -0.05) is 17.0 Å². The summed E-state index contributed by atoms with van der Waals surface area (Å²) in [6, 6.07) is -0.496. The fourth-order valence-corrected chi connectivity index (χ4v) is 5.12. The lowest BCUT2D eigenvalue weighted by molar-refractivity contribution is -0.147. The molecule has 1 amide bonds. The van der Waals surface area contributed by atoms with Crippen LogP contribution >= 0.6 is 23.5 Å². The van der Waals surface area contributed by atoms with Gasteiger partial charge >= 0.3 is 5.97 Å². The Morgan fingerprint density at radius 2 is 2.38 bits per heavy atom. The summed E-state index contributed by atoms with van der Waals surface area (Å²) in [4.78, 5) is 32.9. The summed E-state index contributed by atoms with van der Waals surface area (Å²) in [5, 5.41) is 23.2. The fraction of sp³-hybridized carbons (Fsp3) is 0.357. The van der Waals surface area contributed by atoms with E-state index in [1.54, 1.807) is 12.4 Å². The van der Waals surface area contributed by atoms with Gasteiger partial charge in [0.15, 0.2) is 0 Å². The number of hydrogen-bond donors (Lipinski definition) is 4. The third kappa shape index (κ3) is 2.94. The Hall–Kier alpha value is -2.47. The van der Waals surface area contributed by atoms with Crippen molar-refractivity contribution in [2.24, 2.45) is 0 Å². The number of nitrogens with zero attached hydrogens (tertiary/aromatic N) is 4. The molecule has 4 heterocycles. The molecule has 0 spiro atoms. The van der Waals surface area contributed by atoms with Gasteiger partial charge in [0.1, 0.15) is 22.1 Å². The van der Waals surface area contributed by atoms with Crippen molar-refractivity contribution < 1.29 is 14.7 Å². The van der Waals surface area contributed by atoms with Crippen LogP contribution in [0.15, 0.2) is 28.7 Å². The minimum absolute atomic E-state index is 0.0726. The number of carboxylic acids is 1. The van der Waals surface area contributed by atoms with Crippen LogP contribution in [0, 0.1) is 6.92 Å². The van der Waals surface area contributed by atoms with Gasteiger partial charge in [0.2, 0.25) is 5.95 Å². The van der Waals surface area contributed by atoms with Gasteiger partial charge in [-0.3, -0.25) is 14.8 Å². The van der Waals surface area contributed by atoms with E-state index < -0.39 is 12.0 Å². The van der Waals surface area contributed by atoms with Crippen molar-refractivity contribution in [3.8, 4) is 0 Å². The summed E-state index contributed by atoms with van der Waals surface area (Å²) in [6.45, 7) is 1.84. The van der Waals surface area contributed by atoms with E-state index in [4.69, 9.17) is 0 Å². The zero-order valence-electron chi connectivity index (χ0n) is 13.6. The van der Waals surface area contributed by atoms with Crippen molar-refractivity contribution in [1.82, 2.24) is 30.3 Å². The number of nitrogens with one attached hydrogen (secondary N) is 3. The summed E-state index contributed by atoms with van der Waals surface area (Å²) in [5.41, 5.74) is 1.58. The number of fused-ring (bicyclic) bond motifs is 1. The van der Waals surface area contributed by atoms with E-state index in [1.807, 2.05) is 6.92 Å². The third-order valence-electron chi connectivity index (χ3n) is 4.04. The standard InChI is InChI=1S/C14H15N7O3S2/c1-6-2-15-14(17-6)18-9-11(22)21-10(13(23)24)7(5-26-12(9)21)4-25-8-3-16-20-19-8/h2-3,9,12H,4-5H2,1H3,(H,23,24)(H2,15,17,18)(H,16,19,20)/t9?,12-/m1/s1. The molecule has 2 aliphatic heterocycles. The molecule has 0 radical (unpaired) electrons. The van der Waals surface area contributed by atoms with Crippen molar-refractivity contribution in [2.75, 3.05) is 16.8 Å². The highest BCUT2D eigenvalue weighted by Crippen LogP contribution is 2.42. The van der Waals surface area contributed by atoms with Crippen molar-refractivity contribution in [2.45, 2.75) is 23.4 Å². The predicted octanol–water partition coefficient (Wildman–Crippen LogP) is 0.663. The highest BCUT2D eigenvalue weighted by molar-refractivity contribution is 8.01. The SMILES string of the molecule is Cc1c[nH]c(NC2C(=O)N3C(C(=O)O)=C(CSc4c[nH]nn4)CS[C@H]23)n1. The summed E-state index contributed by atoms with van der Waals surface area (Å²) >= 11 is 2.92. The second-order valence-corrected chi connectivity index (χ2v) is 7.88. The molecule has 10 nitrogen and oxygen atoms in total. The number of β-lactam (4-membered cyclic amide) rings is 1. The molecule has 0 aromatic carbocycles. The number of H-pyrrole nitrogens is 2. The Bertz CT molecular complexity index is 879. The van der Waals surface area contributed by atoms with Crippen molar-refractivity contribution in [1.29, 1.82) is 0 Å². The molecule has 2 aliphatic rings. The molecule has 0 aliphatic carbocycles. The normalized spacial score (nSPS) is 22.2. The average molecular weight is 393 g/mol. The molecule has 136 valence electrons. The lowest BCUT2D eigenvalue weighted by Gasteiger charge is -2.49. The monoisotopic (exact) mass is 393 g/mol. The Balaban J connectivity index is 1.51. The van der Waals surface area contributed by atoms with E-state index in [0.717, 1.165) is 5.69 Å². The van der Waals surface area contributed by atoms with E-state index in [0.29, 0.717) is 28.1 Å². The first-order valence-corrected chi connectivity index (χ1v) is 9.76. The summed E-state index contributed by atoms with van der Waals surface area (Å²) in [6.07, 6.45) is 3.38. The number of thioether (sulfide) groups is 2. The smallest absolute Gasteiger partial charge is 0.352 e. The molecule has 2 aromatic heterocycles. The Labute approximate surface area is 156 Å². The number of carbonyl (C=O) groups excluding carboxylic acids is 1. The zero-order chi connectivity index (χ0) is 18.3. The molecule has 0 saturated carbocycles. The molecule has 12 heteroatoms. The fourth-order valence-electron chi connectivity index (χ4n) is 2.85. The zero-order valence-corrected chi connectivity index (χ0v) is 15.2. The van der Waals surface area contributed by atoms with Crippen LogP contribution in [0.3, 0.4) is 0 Å². The number of rotatable bonds is 6. The third-order valence-corrected chi connectivity index (χ3v) is 6.36. The van der Waals surface area contributed by atoms with E-state index in [9.17, 15) is 14.7 Å². The number of aryl methyl sites for hydroxylation is 1. The van der Waals surface area contributed by atoms with Crippen molar-refractivity contribution in [3.63, 3.8) is 0 Å². The Kier molecular flexibility index (Phi) is 4.36. The highest BCUT2D eigenvalue weighted by Gasteiger charge is 2.53. The quantitative estimate of drug-likeness (QED) is 0.411. The van der Waals surface area contributed by atoms with Gasteiger partial charge in [0.25, 0.3) is 5.91 Å². The maximum Gasteiger partial charge on any atom is 0.352 e. The molecule has 2 aromatic rings. The number of aliphatic carboxylic acids is 1. The first-order chi connectivity index (χ1) is 12.5. The molecule has 26 heavy (non-hydrogen) atoms. The molecular weight excluding hydrogens is 378 g/mol. The lowest BCUT2D eigenvalue weighted by atomic mass is 10.0. The molecule has 1 fully saturated rings. The second kappa shape index (κ2) is 6.68. The van der Waals surface area contributed by atoms with Crippen molar-refractivity contribution >= 4 is 41.3 Å². The average Bonchev–Trinajstić information content (AvgIpc) is 3.28. The molecule has 1 saturated heterocycles. The van der Waals surface area contributed by atoms with Crippen LogP contribution in [0.5, 0.6) is 0 Å². The van der Waals surface area contributed by atoms with Gasteiger partial charge in [-0.15, -0.1) is 16.9 Å². The van der Waals surface area contributed by atoms with Crippen LogP contribution in [-0.4, -0.2) is 70.2 Å². The lowest BCUT2D eigenvalue weighted by Crippen LogP contribution is -2.67. The minimum atomic E-state index is -1.09. The number of hydrogen-bond acceptors (Lipinski definition) is 8. The van der Waals surface area contributed by atoms with Crippen LogP contribution in [0.2, 0.25) is 0 Å². The second-order valence-electron chi connectivity index (χ2n) is 5.78. The maximum atomic E-state index is 12.6. The van der Waals surface area contributed by atoms with Crippen LogP contribution < -0.4 is 5.32 Å². The molecule has 2 atom stereocenters. The van der Waals surface area contributed by atoms with Gasteiger partial charge in [-0.25, -0.2) is 9.78 Å². The predicted molar refractivity (Wildman–Crippen MR) is 95.6 cm³/mol. The number of carbonyl (C=O) groups is 2. The summed E-state index contributed by atoms with van der Waals surface area (Å²) in [7, 11) is 0. The summed E-state index contributed by atoms with van der Waals surface area (Å²) < 4.78 is 0. The van der Waals surface area contributed by atoms with Crippen LogP contribution in [-0.2, 0) is 9.59 Å². The number of imidazole rings is 1. The molecular formula is C14H15N7O3S2. The Morgan fingerprint density at radius 1 is 1.54 bits per heavy atom. The first kappa shape index (κ1) is 17.0. The van der Waals surface area contributed by atoms with Gasteiger partial charge in [-0.05, 0) is 12.5 Å². The number of amides is 1.